The molecule has 164 valence electrons. The van der Waals surface area contributed by atoms with Gasteiger partial charge in [0.2, 0.25) is 0 Å². The van der Waals surface area contributed by atoms with Crippen LogP contribution >= 0.6 is 0 Å². The number of H-pyrrole nitrogens is 1. The van der Waals surface area contributed by atoms with Gasteiger partial charge in [-0.25, -0.2) is 4.98 Å². The summed E-state index contributed by atoms with van der Waals surface area (Å²) in [6, 6.07) is 13.0. The van der Waals surface area contributed by atoms with Gasteiger partial charge >= 0.3 is 0 Å². The first-order valence-corrected chi connectivity index (χ1v) is 10.7. The number of hydrogen-bond donors (Lipinski definition) is 4. The zero-order valence-electron chi connectivity index (χ0n) is 17.9. The van der Waals surface area contributed by atoms with E-state index >= 15 is 0 Å². The zero-order valence-corrected chi connectivity index (χ0v) is 17.9. The average Bonchev–Trinajstić information content (AvgIpc) is 3.31. The Kier molecular flexibility index (Phi) is 5.32. The third-order valence-electron chi connectivity index (χ3n) is 5.82. The second-order valence-electron chi connectivity index (χ2n) is 7.88. The van der Waals surface area contributed by atoms with E-state index in [-0.39, 0.29) is 5.91 Å². The van der Waals surface area contributed by atoms with Crippen LogP contribution in [0.3, 0.4) is 0 Å². The molecule has 8 nitrogen and oxygen atoms in total. The molecule has 0 atom stereocenters. The highest BCUT2D eigenvalue weighted by Gasteiger charge is 2.20. The predicted octanol–water partition coefficient (Wildman–Crippen LogP) is 4.21. The SMILES string of the molecule is N=Cc1cc(Nc2ccnc3[nH]c(C4=CCN(C(=O)c5ccncc5)CC4)cc23)ccc1N. The molecule has 8 heteroatoms. The van der Waals surface area contributed by atoms with Crippen LogP contribution < -0.4 is 11.1 Å². The number of aromatic nitrogens is 3. The smallest absolute Gasteiger partial charge is 0.254 e. The Morgan fingerprint density at radius 3 is 2.76 bits per heavy atom. The normalized spacial score (nSPS) is 13.6. The van der Waals surface area contributed by atoms with Crippen LogP contribution in [0.1, 0.15) is 28.0 Å². The summed E-state index contributed by atoms with van der Waals surface area (Å²) in [6.07, 6.45) is 9.12. The molecule has 0 saturated heterocycles. The number of carbonyl (C=O) groups is 1. The topological polar surface area (TPSA) is 124 Å². The van der Waals surface area contributed by atoms with Crippen LogP contribution in [0.4, 0.5) is 17.1 Å². The minimum Gasteiger partial charge on any atom is -0.398 e. The molecule has 1 aromatic carbocycles. The first-order valence-electron chi connectivity index (χ1n) is 10.7. The average molecular weight is 438 g/mol. The van der Waals surface area contributed by atoms with E-state index in [1.54, 1.807) is 36.8 Å². The van der Waals surface area contributed by atoms with Gasteiger partial charge in [-0.15, -0.1) is 0 Å². The van der Waals surface area contributed by atoms with Gasteiger partial charge in [-0.1, -0.05) is 6.08 Å². The summed E-state index contributed by atoms with van der Waals surface area (Å²) in [7, 11) is 0. The number of hydrogen-bond acceptors (Lipinski definition) is 6. The third-order valence-corrected chi connectivity index (χ3v) is 5.82. The highest BCUT2D eigenvalue weighted by Crippen LogP contribution is 2.31. The molecule has 0 radical (unpaired) electrons. The van der Waals surface area contributed by atoms with Crippen molar-refractivity contribution in [3.8, 4) is 0 Å². The van der Waals surface area contributed by atoms with Crippen LogP contribution in [0.15, 0.2) is 67.1 Å². The zero-order chi connectivity index (χ0) is 22.8. The number of nitrogens with one attached hydrogen (secondary N) is 3. The van der Waals surface area contributed by atoms with Crippen molar-refractivity contribution in [3.63, 3.8) is 0 Å². The summed E-state index contributed by atoms with van der Waals surface area (Å²) in [6.45, 7) is 1.21. The second kappa shape index (κ2) is 8.58. The van der Waals surface area contributed by atoms with Gasteiger partial charge in [-0.2, -0.15) is 0 Å². The lowest BCUT2D eigenvalue weighted by Gasteiger charge is -2.26. The number of fused-ring (bicyclic) bond motifs is 1. The standard InChI is InChI=1S/C25H23N7O/c26-15-18-13-19(1-2-21(18)27)30-22-5-10-29-24-20(22)14-23(31-24)16-6-11-32(12-7-16)25(33)17-3-8-28-9-4-17/h1-6,8-10,13-15,26H,7,11-12,27H2,(H2,29,30,31). The molecular formula is C25H23N7O. The number of amides is 1. The monoisotopic (exact) mass is 437 g/mol. The van der Waals surface area contributed by atoms with E-state index in [2.05, 4.69) is 32.4 Å². The van der Waals surface area contributed by atoms with Crippen molar-refractivity contribution >= 4 is 45.8 Å². The summed E-state index contributed by atoms with van der Waals surface area (Å²) in [4.78, 5) is 26.4. The Balaban J connectivity index is 1.38. The second-order valence-corrected chi connectivity index (χ2v) is 7.88. The van der Waals surface area contributed by atoms with Crippen molar-refractivity contribution < 1.29 is 4.79 Å². The Bertz CT molecular complexity index is 1370. The maximum absolute atomic E-state index is 12.7. The highest BCUT2D eigenvalue weighted by atomic mass is 16.2. The van der Waals surface area contributed by atoms with Gasteiger partial charge < -0.3 is 26.3 Å². The lowest BCUT2D eigenvalue weighted by molar-refractivity contribution is 0.0772. The van der Waals surface area contributed by atoms with Gasteiger partial charge in [-0.3, -0.25) is 9.78 Å². The van der Waals surface area contributed by atoms with Crippen LogP contribution in [-0.4, -0.2) is 45.1 Å². The predicted molar refractivity (Wildman–Crippen MR) is 131 cm³/mol. The lowest BCUT2D eigenvalue weighted by atomic mass is 10.0. The van der Waals surface area contributed by atoms with Crippen LogP contribution in [0, 0.1) is 5.41 Å². The molecule has 3 aromatic heterocycles. The molecule has 0 unspecified atom stereocenters. The van der Waals surface area contributed by atoms with E-state index in [1.165, 1.54) is 6.21 Å². The molecule has 5 rings (SSSR count). The number of carbonyl (C=O) groups excluding carboxylic acids is 1. The molecule has 0 saturated carbocycles. The van der Waals surface area contributed by atoms with Crippen molar-refractivity contribution in [3.05, 3.63) is 84.0 Å². The number of aromatic amines is 1. The van der Waals surface area contributed by atoms with Gasteiger partial charge in [0.15, 0.2) is 0 Å². The van der Waals surface area contributed by atoms with E-state index in [1.807, 2.05) is 23.1 Å². The minimum absolute atomic E-state index is 0.0188. The van der Waals surface area contributed by atoms with Crippen LogP contribution in [0.5, 0.6) is 0 Å². The van der Waals surface area contributed by atoms with Gasteiger partial charge in [0.05, 0.1) is 5.69 Å². The van der Waals surface area contributed by atoms with E-state index in [9.17, 15) is 4.79 Å². The van der Waals surface area contributed by atoms with E-state index < -0.39 is 0 Å². The number of benzene rings is 1. The Hall–Kier alpha value is -4.46. The fourth-order valence-corrected chi connectivity index (χ4v) is 4.02. The van der Waals surface area contributed by atoms with Crippen molar-refractivity contribution in [2.75, 3.05) is 24.1 Å². The molecule has 4 aromatic rings. The Morgan fingerprint density at radius 1 is 1.15 bits per heavy atom. The van der Waals surface area contributed by atoms with Gasteiger partial charge in [-0.05, 0) is 54.5 Å². The number of nitrogens with zero attached hydrogens (tertiary/aromatic N) is 3. The van der Waals surface area contributed by atoms with E-state index in [4.69, 9.17) is 11.1 Å². The summed E-state index contributed by atoms with van der Waals surface area (Å²) in [5.41, 5.74) is 12.5. The first kappa shape index (κ1) is 20.4. The number of nitrogens with two attached hydrogens (primary N) is 1. The lowest BCUT2D eigenvalue weighted by Crippen LogP contribution is -2.34. The largest absolute Gasteiger partial charge is 0.398 e. The molecule has 33 heavy (non-hydrogen) atoms. The maximum Gasteiger partial charge on any atom is 0.254 e. The molecular weight excluding hydrogens is 414 g/mol. The molecule has 1 aliphatic heterocycles. The fraction of sp³-hybridized carbons (Fsp3) is 0.120. The molecule has 4 heterocycles. The van der Waals surface area contributed by atoms with Crippen molar-refractivity contribution in [1.82, 2.24) is 19.9 Å². The van der Waals surface area contributed by atoms with Crippen LogP contribution in [0.25, 0.3) is 16.6 Å². The van der Waals surface area contributed by atoms with Crippen molar-refractivity contribution in [2.45, 2.75) is 6.42 Å². The Labute approximate surface area is 190 Å². The van der Waals surface area contributed by atoms with E-state index in [0.29, 0.717) is 29.9 Å². The summed E-state index contributed by atoms with van der Waals surface area (Å²) in [5.74, 6) is 0.0188. The molecule has 1 amide bonds. The summed E-state index contributed by atoms with van der Waals surface area (Å²) < 4.78 is 0. The molecule has 1 aliphatic rings. The van der Waals surface area contributed by atoms with Crippen molar-refractivity contribution in [2.24, 2.45) is 0 Å². The number of rotatable bonds is 5. The minimum atomic E-state index is 0.0188. The van der Waals surface area contributed by atoms with Crippen molar-refractivity contribution in [1.29, 1.82) is 5.41 Å². The molecule has 0 fully saturated rings. The molecule has 0 spiro atoms. The van der Waals surface area contributed by atoms with Gasteiger partial charge in [0.1, 0.15) is 5.65 Å². The van der Waals surface area contributed by atoms with E-state index in [0.717, 1.165) is 40.1 Å². The van der Waals surface area contributed by atoms with Gasteiger partial charge in [0.25, 0.3) is 5.91 Å². The van der Waals surface area contributed by atoms with Gasteiger partial charge in [0, 0.05) is 71.5 Å². The fourth-order valence-electron chi connectivity index (χ4n) is 4.02. The molecule has 0 bridgehead atoms. The number of nitrogen functional groups attached to an aromatic ring is 1. The van der Waals surface area contributed by atoms with Crippen LogP contribution in [-0.2, 0) is 0 Å². The summed E-state index contributed by atoms with van der Waals surface area (Å²) >= 11 is 0. The number of pyridine rings is 2. The molecule has 0 aliphatic carbocycles. The first-order chi connectivity index (χ1) is 16.1. The highest BCUT2D eigenvalue weighted by molar-refractivity contribution is 5.96. The maximum atomic E-state index is 12.7. The molecule has 5 N–H and O–H groups in total. The summed E-state index contributed by atoms with van der Waals surface area (Å²) in [5, 5.41) is 11.9. The van der Waals surface area contributed by atoms with Crippen LogP contribution in [0.2, 0.25) is 0 Å². The number of anilines is 3. The third kappa shape index (κ3) is 4.06. The quantitative estimate of drug-likeness (QED) is 0.275. The Morgan fingerprint density at radius 2 is 2.00 bits per heavy atom.